The normalized spacial score (nSPS) is 11.7. The maximum Gasteiger partial charge on any atom is 0.243 e. The van der Waals surface area contributed by atoms with Gasteiger partial charge in [-0.3, -0.25) is 4.79 Å². The lowest BCUT2D eigenvalue weighted by Gasteiger charge is -2.18. The first-order chi connectivity index (χ1) is 18.3. The number of anilines is 1. The molecular formula is C24H29N9O3S2. The Labute approximate surface area is 225 Å². The standard InChI is InChI=1S/C24H29N9O3S2/c1-4-31(5-2)38(35,36)20-14-12-19(13-15-20)25-22(34)17-37-24-28-26-21(32(24)6-3)16-33-29-23(27-30-33)18-10-8-7-9-11-18/h7-15H,4-6,16-17H2,1-3H3,(H,25,34). The second-order valence-electron chi connectivity index (χ2n) is 8.10. The number of benzene rings is 2. The van der Waals surface area contributed by atoms with Crippen LogP contribution >= 0.6 is 11.8 Å². The van der Waals surface area contributed by atoms with Crippen LogP contribution < -0.4 is 5.32 Å². The van der Waals surface area contributed by atoms with Crippen LogP contribution in [-0.4, -0.2) is 72.4 Å². The number of hydrogen-bond donors (Lipinski definition) is 1. The number of rotatable bonds is 12. The number of carbonyl (C=O) groups excluding carboxylic acids is 1. The predicted molar refractivity (Wildman–Crippen MR) is 144 cm³/mol. The second-order valence-corrected chi connectivity index (χ2v) is 11.0. The molecule has 0 saturated carbocycles. The van der Waals surface area contributed by atoms with Crippen molar-refractivity contribution in [1.82, 2.24) is 39.3 Å². The maximum absolute atomic E-state index is 12.6. The summed E-state index contributed by atoms with van der Waals surface area (Å²) in [5.74, 6) is 1.04. The summed E-state index contributed by atoms with van der Waals surface area (Å²) in [5.41, 5.74) is 1.39. The summed E-state index contributed by atoms with van der Waals surface area (Å²) in [7, 11) is -3.55. The summed E-state index contributed by atoms with van der Waals surface area (Å²) in [6.07, 6.45) is 0. The van der Waals surface area contributed by atoms with E-state index in [0.717, 1.165) is 5.56 Å². The molecule has 2 heterocycles. The topological polar surface area (TPSA) is 141 Å². The summed E-state index contributed by atoms with van der Waals surface area (Å²) >= 11 is 1.26. The van der Waals surface area contributed by atoms with E-state index < -0.39 is 10.0 Å². The molecule has 0 fully saturated rings. The quantitative estimate of drug-likeness (QED) is 0.261. The van der Waals surface area contributed by atoms with Crippen LogP contribution in [0.15, 0.2) is 64.6 Å². The van der Waals surface area contributed by atoms with E-state index in [1.807, 2.05) is 41.8 Å². The Bertz CT molecular complexity index is 1470. The molecule has 4 rings (SSSR count). The van der Waals surface area contributed by atoms with Crippen LogP contribution in [0.3, 0.4) is 0 Å². The number of tetrazole rings is 1. The fraction of sp³-hybridized carbons (Fsp3) is 0.333. The van der Waals surface area contributed by atoms with Crippen molar-refractivity contribution in [3.63, 3.8) is 0 Å². The highest BCUT2D eigenvalue weighted by atomic mass is 32.2. The van der Waals surface area contributed by atoms with Gasteiger partial charge >= 0.3 is 0 Å². The molecule has 2 aromatic carbocycles. The predicted octanol–water partition coefficient (Wildman–Crippen LogP) is 2.76. The Balaban J connectivity index is 1.35. The van der Waals surface area contributed by atoms with Gasteiger partial charge in [0.2, 0.25) is 21.8 Å². The first kappa shape index (κ1) is 27.4. The van der Waals surface area contributed by atoms with Crippen LogP contribution in [0.25, 0.3) is 11.4 Å². The monoisotopic (exact) mass is 555 g/mol. The summed E-state index contributed by atoms with van der Waals surface area (Å²) in [6, 6.07) is 15.7. The van der Waals surface area contributed by atoms with Gasteiger partial charge in [0.25, 0.3) is 0 Å². The zero-order valence-corrected chi connectivity index (χ0v) is 23.0. The molecule has 0 saturated heterocycles. The fourth-order valence-electron chi connectivity index (χ4n) is 3.75. The summed E-state index contributed by atoms with van der Waals surface area (Å²) in [6.45, 7) is 7.23. The molecule has 0 bridgehead atoms. The van der Waals surface area contributed by atoms with Crippen LogP contribution in [0.2, 0.25) is 0 Å². The highest BCUT2D eigenvalue weighted by Gasteiger charge is 2.21. The number of nitrogens with zero attached hydrogens (tertiary/aromatic N) is 8. The van der Waals surface area contributed by atoms with Crippen molar-refractivity contribution in [3.8, 4) is 11.4 Å². The van der Waals surface area contributed by atoms with E-state index in [9.17, 15) is 13.2 Å². The van der Waals surface area contributed by atoms with E-state index >= 15 is 0 Å². The minimum absolute atomic E-state index is 0.108. The van der Waals surface area contributed by atoms with Crippen molar-refractivity contribution in [2.75, 3.05) is 24.2 Å². The molecule has 0 radical (unpaired) electrons. The molecular weight excluding hydrogens is 526 g/mol. The molecule has 0 unspecified atom stereocenters. The van der Waals surface area contributed by atoms with E-state index in [-0.39, 0.29) is 23.1 Å². The number of thioether (sulfide) groups is 1. The molecule has 0 atom stereocenters. The molecule has 1 amide bonds. The van der Waals surface area contributed by atoms with Crippen molar-refractivity contribution in [2.45, 2.75) is 43.9 Å². The lowest BCUT2D eigenvalue weighted by molar-refractivity contribution is -0.113. The molecule has 0 spiro atoms. The van der Waals surface area contributed by atoms with Gasteiger partial charge in [-0.05, 0) is 36.4 Å². The number of hydrogen-bond acceptors (Lipinski definition) is 9. The van der Waals surface area contributed by atoms with Crippen molar-refractivity contribution in [2.24, 2.45) is 0 Å². The second kappa shape index (κ2) is 12.3. The smallest absolute Gasteiger partial charge is 0.243 e. The van der Waals surface area contributed by atoms with Crippen LogP contribution in [0.4, 0.5) is 5.69 Å². The largest absolute Gasteiger partial charge is 0.325 e. The average molecular weight is 556 g/mol. The highest BCUT2D eigenvalue weighted by molar-refractivity contribution is 7.99. The number of nitrogens with one attached hydrogen (secondary N) is 1. The van der Waals surface area contributed by atoms with E-state index in [0.29, 0.717) is 42.1 Å². The van der Waals surface area contributed by atoms with E-state index in [2.05, 4.69) is 30.9 Å². The minimum Gasteiger partial charge on any atom is -0.325 e. The van der Waals surface area contributed by atoms with Crippen LogP contribution in [0.5, 0.6) is 0 Å². The summed E-state index contributed by atoms with van der Waals surface area (Å²) in [4.78, 5) is 14.2. The highest BCUT2D eigenvalue weighted by Crippen LogP contribution is 2.21. The third-order valence-electron chi connectivity index (χ3n) is 5.69. The summed E-state index contributed by atoms with van der Waals surface area (Å²) < 4.78 is 28.6. The lowest BCUT2D eigenvalue weighted by Crippen LogP contribution is -2.30. The minimum atomic E-state index is -3.55. The van der Waals surface area contributed by atoms with Crippen LogP contribution in [-0.2, 0) is 27.9 Å². The first-order valence-corrected chi connectivity index (χ1v) is 14.6. The Morgan fingerprint density at radius 1 is 0.974 bits per heavy atom. The van der Waals surface area contributed by atoms with Gasteiger partial charge < -0.3 is 9.88 Å². The molecule has 12 nitrogen and oxygen atoms in total. The zero-order valence-electron chi connectivity index (χ0n) is 21.4. The van der Waals surface area contributed by atoms with Crippen molar-refractivity contribution in [3.05, 3.63) is 60.4 Å². The number of sulfonamides is 1. The molecule has 0 aliphatic carbocycles. The molecule has 200 valence electrons. The number of aromatic nitrogens is 7. The number of amides is 1. The van der Waals surface area contributed by atoms with Gasteiger partial charge in [0.05, 0.1) is 10.6 Å². The Morgan fingerprint density at radius 2 is 1.68 bits per heavy atom. The Hall–Kier alpha value is -3.62. The van der Waals surface area contributed by atoms with E-state index in [4.69, 9.17) is 0 Å². The van der Waals surface area contributed by atoms with Gasteiger partial charge in [0, 0.05) is 30.9 Å². The third kappa shape index (κ3) is 6.26. The van der Waals surface area contributed by atoms with Gasteiger partial charge in [-0.15, -0.1) is 20.4 Å². The molecule has 2 aromatic heterocycles. The molecule has 14 heteroatoms. The lowest BCUT2D eigenvalue weighted by atomic mass is 10.2. The Morgan fingerprint density at radius 3 is 2.34 bits per heavy atom. The van der Waals surface area contributed by atoms with E-state index in [1.54, 1.807) is 26.0 Å². The SMILES string of the molecule is CCN(CC)S(=O)(=O)c1ccc(NC(=O)CSc2nnc(Cn3nnc(-c4ccccc4)n3)n2CC)cc1. The molecule has 0 aliphatic heterocycles. The maximum atomic E-state index is 12.6. The summed E-state index contributed by atoms with van der Waals surface area (Å²) in [5, 5.41) is 24.5. The van der Waals surface area contributed by atoms with Crippen LogP contribution in [0, 0.1) is 0 Å². The molecule has 38 heavy (non-hydrogen) atoms. The number of carbonyl (C=O) groups is 1. The molecule has 0 aliphatic rings. The van der Waals surface area contributed by atoms with Gasteiger partial charge in [-0.25, -0.2) is 8.42 Å². The van der Waals surface area contributed by atoms with E-state index in [1.165, 1.54) is 33.0 Å². The Kier molecular flexibility index (Phi) is 8.86. The van der Waals surface area contributed by atoms with Gasteiger partial charge in [0.1, 0.15) is 6.54 Å². The zero-order chi connectivity index (χ0) is 27.1. The van der Waals surface area contributed by atoms with Gasteiger partial charge in [-0.2, -0.15) is 9.10 Å². The molecule has 4 aromatic rings. The van der Waals surface area contributed by atoms with Gasteiger partial charge in [-0.1, -0.05) is 55.9 Å². The van der Waals surface area contributed by atoms with Crippen molar-refractivity contribution in [1.29, 1.82) is 0 Å². The first-order valence-electron chi connectivity index (χ1n) is 12.1. The van der Waals surface area contributed by atoms with Crippen molar-refractivity contribution < 1.29 is 13.2 Å². The van der Waals surface area contributed by atoms with Crippen LogP contribution in [0.1, 0.15) is 26.6 Å². The van der Waals surface area contributed by atoms with Gasteiger partial charge in [0.15, 0.2) is 11.0 Å². The fourth-order valence-corrected chi connectivity index (χ4v) is 6.03. The van der Waals surface area contributed by atoms with Crippen molar-refractivity contribution >= 4 is 33.4 Å². The molecule has 1 N–H and O–H groups in total. The third-order valence-corrected chi connectivity index (χ3v) is 8.72. The average Bonchev–Trinajstić information content (AvgIpc) is 3.55.